The minimum absolute atomic E-state index is 0.189. The highest BCUT2D eigenvalue weighted by Crippen LogP contribution is 2.04. The van der Waals surface area contributed by atoms with Crippen molar-refractivity contribution in [2.75, 3.05) is 13.6 Å². The van der Waals surface area contributed by atoms with Crippen molar-refractivity contribution >= 4 is 0 Å². The molecule has 1 aromatic rings. The van der Waals surface area contributed by atoms with Gasteiger partial charge in [0.15, 0.2) is 0 Å². The van der Waals surface area contributed by atoms with Crippen molar-refractivity contribution in [2.24, 2.45) is 0 Å². The van der Waals surface area contributed by atoms with E-state index < -0.39 is 0 Å². The first-order valence-corrected chi connectivity index (χ1v) is 5.87. The van der Waals surface area contributed by atoms with Crippen molar-refractivity contribution in [1.82, 2.24) is 9.88 Å². The van der Waals surface area contributed by atoms with Crippen LogP contribution in [0.4, 0.5) is 0 Å². The van der Waals surface area contributed by atoms with E-state index in [9.17, 15) is 0 Å². The third kappa shape index (κ3) is 5.24. The first-order valence-electron chi connectivity index (χ1n) is 5.87. The standard InChI is InChI=1S/C13H22N2O/c1-11-6-4-8-13(14-11)10-15(3)9-5-7-12(2)16/h4,6,8,12,16H,5,7,9-10H2,1-3H3. The second kappa shape index (κ2) is 6.61. The Balaban J connectivity index is 2.31. The summed E-state index contributed by atoms with van der Waals surface area (Å²) in [4.78, 5) is 6.71. The van der Waals surface area contributed by atoms with Crippen molar-refractivity contribution in [3.8, 4) is 0 Å². The van der Waals surface area contributed by atoms with Gasteiger partial charge in [0.1, 0.15) is 0 Å². The Kier molecular flexibility index (Phi) is 5.43. The molecular weight excluding hydrogens is 200 g/mol. The van der Waals surface area contributed by atoms with Crippen molar-refractivity contribution < 1.29 is 5.11 Å². The fraction of sp³-hybridized carbons (Fsp3) is 0.615. The van der Waals surface area contributed by atoms with E-state index >= 15 is 0 Å². The maximum absolute atomic E-state index is 9.16. The van der Waals surface area contributed by atoms with Gasteiger partial charge >= 0.3 is 0 Å². The molecule has 16 heavy (non-hydrogen) atoms. The third-order valence-electron chi connectivity index (χ3n) is 2.54. The molecule has 1 rings (SSSR count). The zero-order valence-electron chi connectivity index (χ0n) is 10.5. The molecule has 0 spiro atoms. The maximum atomic E-state index is 9.16. The molecule has 0 bridgehead atoms. The molecule has 1 unspecified atom stereocenters. The summed E-state index contributed by atoms with van der Waals surface area (Å²) >= 11 is 0. The fourth-order valence-electron chi connectivity index (χ4n) is 1.70. The van der Waals surface area contributed by atoms with Gasteiger partial charge in [-0.2, -0.15) is 0 Å². The number of nitrogens with zero attached hydrogens (tertiary/aromatic N) is 2. The number of aliphatic hydroxyl groups excluding tert-OH is 1. The number of aromatic nitrogens is 1. The fourth-order valence-corrected chi connectivity index (χ4v) is 1.70. The van der Waals surface area contributed by atoms with E-state index in [2.05, 4.69) is 23.0 Å². The smallest absolute Gasteiger partial charge is 0.0547 e. The van der Waals surface area contributed by atoms with Crippen LogP contribution in [-0.2, 0) is 6.54 Å². The molecule has 0 aliphatic rings. The van der Waals surface area contributed by atoms with E-state index in [1.807, 2.05) is 26.0 Å². The van der Waals surface area contributed by atoms with Crippen LogP contribution < -0.4 is 0 Å². The quantitative estimate of drug-likeness (QED) is 0.799. The average molecular weight is 222 g/mol. The molecule has 0 amide bonds. The van der Waals surface area contributed by atoms with Gasteiger partial charge < -0.3 is 10.0 Å². The van der Waals surface area contributed by atoms with Crippen molar-refractivity contribution in [1.29, 1.82) is 0 Å². The van der Waals surface area contributed by atoms with Crippen molar-refractivity contribution in [2.45, 2.75) is 39.3 Å². The summed E-state index contributed by atoms with van der Waals surface area (Å²) in [6.45, 7) is 5.72. The molecule has 0 saturated heterocycles. The van der Waals surface area contributed by atoms with Crippen LogP contribution >= 0.6 is 0 Å². The second-order valence-electron chi connectivity index (χ2n) is 4.50. The van der Waals surface area contributed by atoms with Gasteiger partial charge in [-0.05, 0) is 52.4 Å². The Hall–Kier alpha value is -0.930. The molecule has 3 heteroatoms. The van der Waals surface area contributed by atoms with E-state index in [4.69, 9.17) is 5.11 Å². The van der Waals surface area contributed by atoms with Gasteiger partial charge in [0.05, 0.1) is 11.8 Å². The monoisotopic (exact) mass is 222 g/mol. The van der Waals surface area contributed by atoms with Gasteiger partial charge in [-0.15, -0.1) is 0 Å². The molecular formula is C13H22N2O. The Bertz CT molecular complexity index is 313. The number of hydrogen-bond donors (Lipinski definition) is 1. The summed E-state index contributed by atoms with van der Waals surface area (Å²) in [5.74, 6) is 0. The summed E-state index contributed by atoms with van der Waals surface area (Å²) in [6.07, 6.45) is 1.71. The van der Waals surface area contributed by atoms with Crippen LogP contribution in [0.15, 0.2) is 18.2 Å². The molecule has 0 aliphatic heterocycles. The number of pyridine rings is 1. The third-order valence-corrected chi connectivity index (χ3v) is 2.54. The molecule has 0 fully saturated rings. The molecule has 0 radical (unpaired) electrons. The summed E-state index contributed by atoms with van der Waals surface area (Å²) in [5, 5.41) is 9.16. The van der Waals surface area contributed by atoms with Gasteiger partial charge in [-0.25, -0.2) is 0 Å². The van der Waals surface area contributed by atoms with Crippen LogP contribution in [0.25, 0.3) is 0 Å². The van der Waals surface area contributed by atoms with Gasteiger partial charge in [-0.3, -0.25) is 4.98 Å². The van der Waals surface area contributed by atoms with Crippen molar-refractivity contribution in [3.05, 3.63) is 29.6 Å². The molecule has 1 N–H and O–H groups in total. The first-order chi connectivity index (χ1) is 7.58. The highest BCUT2D eigenvalue weighted by Gasteiger charge is 2.02. The van der Waals surface area contributed by atoms with Gasteiger partial charge in [0.25, 0.3) is 0 Å². The summed E-state index contributed by atoms with van der Waals surface area (Å²) in [5.41, 5.74) is 2.18. The van der Waals surface area contributed by atoms with E-state index in [1.165, 1.54) is 0 Å². The predicted molar refractivity (Wildman–Crippen MR) is 66.2 cm³/mol. The number of aliphatic hydroxyl groups is 1. The van der Waals surface area contributed by atoms with Crippen LogP contribution in [-0.4, -0.2) is 34.7 Å². The Labute approximate surface area is 98.1 Å². The molecule has 90 valence electrons. The van der Waals surface area contributed by atoms with Gasteiger partial charge in [-0.1, -0.05) is 6.07 Å². The van der Waals surface area contributed by atoms with Gasteiger partial charge in [0, 0.05) is 12.2 Å². The molecule has 1 atom stereocenters. The first kappa shape index (κ1) is 13.1. The molecule has 0 aliphatic carbocycles. The lowest BCUT2D eigenvalue weighted by Crippen LogP contribution is -2.20. The van der Waals surface area contributed by atoms with Crippen LogP contribution in [0.2, 0.25) is 0 Å². The topological polar surface area (TPSA) is 36.4 Å². The lowest BCUT2D eigenvalue weighted by molar-refractivity contribution is 0.173. The van der Waals surface area contributed by atoms with E-state index in [-0.39, 0.29) is 6.10 Å². The van der Waals surface area contributed by atoms with E-state index in [0.29, 0.717) is 0 Å². The second-order valence-corrected chi connectivity index (χ2v) is 4.50. The summed E-state index contributed by atoms with van der Waals surface area (Å²) in [6, 6.07) is 6.11. The number of hydrogen-bond acceptors (Lipinski definition) is 3. The minimum atomic E-state index is -0.189. The number of aryl methyl sites for hydroxylation is 1. The molecule has 0 saturated carbocycles. The molecule has 1 heterocycles. The lowest BCUT2D eigenvalue weighted by Gasteiger charge is -2.16. The molecule has 3 nitrogen and oxygen atoms in total. The van der Waals surface area contributed by atoms with E-state index in [1.54, 1.807) is 0 Å². The average Bonchev–Trinajstić information content (AvgIpc) is 2.16. The Morgan fingerprint density at radius 3 is 2.81 bits per heavy atom. The van der Waals surface area contributed by atoms with E-state index in [0.717, 1.165) is 37.3 Å². The molecule has 1 aromatic heterocycles. The Morgan fingerprint density at radius 1 is 1.44 bits per heavy atom. The van der Waals surface area contributed by atoms with Crippen LogP contribution in [0.3, 0.4) is 0 Å². The number of rotatable bonds is 6. The molecule has 0 aromatic carbocycles. The summed E-state index contributed by atoms with van der Waals surface area (Å²) in [7, 11) is 2.09. The largest absolute Gasteiger partial charge is 0.393 e. The normalized spacial score (nSPS) is 13.1. The lowest BCUT2D eigenvalue weighted by atomic mass is 10.2. The minimum Gasteiger partial charge on any atom is -0.393 e. The maximum Gasteiger partial charge on any atom is 0.0547 e. The highest BCUT2D eigenvalue weighted by atomic mass is 16.3. The predicted octanol–water partition coefficient (Wildman–Crippen LogP) is 1.98. The highest BCUT2D eigenvalue weighted by molar-refractivity contribution is 5.09. The Morgan fingerprint density at radius 2 is 2.19 bits per heavy atom. The van der Waals surface area contributed by atoms with Crippen LogP contribution in [0, 0.1) is 6.92 Å². The van der Waals surface area contributed by atoms with Crippen LogP contribution in [0.5, 0.6) is 0 Å². The summed E-state index contributed by atoms with van der Waals surface area (Å²) < 4.78 is 0. The SMILES string of the molecule is Cc1cccc(CN(C)CCCC(C)O)n1. The van der Waals surface area contributed by atoms with Gasteiger partial charge in [0.2, 0.25) is 0 Å². The zero-order valence-corrected chi connectivity index (χ0v) is 10.5. The zero-order chi connectivity index (χ0) is 12.0. The van der Waals surface area contributed by atoms with Crippen molar-refractivity contribution in [3.63, 3.8) is 0 Å². The van der Waals surface area contributed by atoms with Crippen LogP contribution in [0.1, 0.15) is 31.2 Å².